The highest BCUT2D eigenvalue weighted by molar-refractivity contribution is 7.92. The van der Waals surface area contributed by atoms with E-state index in [4.69, 9.17) is 14.7 Å². The zero-order valence-electron chi connectivity index (χ0n) is 71.9. The van der Waals surface area contributed by atoms with Gasteiger partial charge in [0.25, 0.3) is 5.56 Å². The Hall–Kier alpha value is -15.3. The fourth-order valence-electron chi connectivity index (χ4n) is 16.9. The number of nitrogens with zero attached hydrogens (tertiary/aromatic N) is 8. The molecule has 134 heavy (non-hydrogen) atoms. The number of hydrogen-bond acceptors (Lipinski definition) is 16. The molecule has 0 unspecified atom stereocenters. The third kappa shape index (κ3) is 18.1. The molecule has 24 nitrogen and oxygen atoms in total. The quantitative estimate of drug-likeness (QED) is 0.0171. The van der Waals surface area contributed by atoms with Crippen molar-refractivity contribution in [3.05, 3.63) is 344 Å². The van der Waals surface area contributed by atoms with E-state index in [2.05, 4.69) is 67.0 Å². The van der Waals surface area contributed by atoms with Crippen LogP contribution in [0.25, 0.3) is 99.8 Å². The second-order valence-electron chi connectivity index (χ2n) is 33.0. The molecule has 2 aliphatic carbocycles. The zero-order valence-corrected chi connectivity index (χ0v) is 73.5. The molecule has 4 atom stereocenters. The van der Waals surface area contributed by atoms with E-state index in [1.165, 1.54) is 24.0 Å². The molecule has 0 spiro atoms. The van der Waals surface area contributed by atoms with Gasteiger partial charge in [-0.2, -0.15) is 31.0 Å². The highest BCUT2D eigenvalue weighted by Gasteiger charge is 2.61. The van der Waals surface area contributed by atoms with Crippen molar-refractivity contribution in [3.63, 3.8) is 0 Å². The van der Waals surface area contributed by atoms with Crippen molar-refractivity contribution in [2.75, 3.05) is 28.3 Å². The molecule has 8 aromatic heterocycles. The van der Waals surface area contributed by atoms with E-state index in [0.717, 1.165) is 143 Å². The molecule has 0 bridgehead atoms. The number of imidazole rings is 1. The monoisotopic (exact) mass is 1850 g/mol. The molecule has 17 aromatic rings. The smallest absolute Gasteiger partial charge is 0.416 e. The summed E-state index contributed by atoms with van der Waals surface area (Å²) in [4.78, 5) is 68.4. The van der Waals surface area contributed by atoms with Crippen LogP contribution in [-0.2, 0) is 39.9 Å². The van der Waals surface area contributed by atoms with Crippen molar-refractivity contribution in [3.8, 4) is 73.0 Å². The minimum Gasteiger partial charge on any atom is -0.489 e. The predicted molar refractivity (Wildman–Crippen MR) is 494 cm³/mol. The van der Waals surface area contributed by atoms with E-state index in [1.807, 2.05) is 177 Å². The molecule has 678 valence electrons. The molecular formula is C100H80F8N14O10S2. The van der Waals surface area contributed by atoms with Gasteiger partial charge in [-0.1, -0.05) is 126 Å². The molecule has 4 aliphatic rings. The number of ketones is 2. The first-order valence-electron chi connectivity index (χ1n) is 42.5. The maximum absolute atomic E-state index is 15.3. The lowest BCUT2D eigenvalue weighted by molar-refractivity contribution is -0.137. The fraction of sp³-hybridized carbons (Fsp3) is 0.170. The number of oxime groups is 1. The number of ether oxygens (including phenoxy) is 2. The topological polar surface area (TPSA) is 330 Å². The number of anilines is 2. The molecule has 0 amide bonds. The van der Waals surface area contributed by atoms with Gasteiger partial charge in [-0.05, 0) is 177 Å². The number of halogens is 8. The van der Waals surface area contributed by atoms with Gasteiger partial charge in [-0.3, -0.25) is 33.5 Å². The van der Waals surface area contributed by atoms with E-state index < -0.39 is 95.5 Å². The minimum absolute atomic E-state index is 0.0169. The summed E-state index contributed by atoms with van der Waals surface area (Å²) in [5.74, 6) is -4.51. The molecule has 2 aliphatic heterocycles. The first-order chi connectivity index (χ1) is 64.3. The van der Waals surface area contributed by atoms with Crippen molar-refractivity contribution >= 4 is 92.9 Å². The van der Waals surface area contributed by atoms with Gasteiger partial charge in [0, 0.05) is 136 Å². The Kier molecular flexibility index (Phi) is 24.1. The molecule has 0 radical (unpaired) electrons. The summed E-state index contributed by atoms with van der Waals surface area (Å²) in [5.41, 5.74) is 14.5. The van der Waals surface area contributed by atoms with Crippen molar-refractivity contribution in [1.82, 2.24) is 54.0 Å². The second-order valence-corrected chi connectivity index (χ2v) is 36.5. The predicted octanol–water partition coefficient (Wildman–Crippen LogP) is 21.1. The van der Waals surface area contributed by atoms with Gasteiger partial charge in [0.05, 0.1) is 62.0 Å². The standard InChI is InChI=1S/C33H22F3N3O3.C25H21F3N4O3S.C24H21F2N3O3S.C18H16N4O/c1-16-5-7-17(8-6-16)20-15-21-23(39-32(20)40)3-2-4-26(21)41-19-10-12-27-22(14-19)28-29(30(28)42-27)31-37-24-11-9-18(33(34,35)36)13-25(24)38-31;1-14-2-4-15(5-3-14)16-10-18-19(12-30-25(18)29-11-16)24(33)22-20(27)6-7-21(23(22)28)31-36(34,35)32-9-8-17(26)13-32;1-3-10-33(31,32)29-20-9-8-19(25)21(22(20)26)23(30)18-13-28-24-17(18)11-16(12-27-24)15-6-4-14(2)5-7-15;1-22-11-16(18(20-22)12-6-8-19-9-7-12)14-2-4-15-13(10-14)3-5-17(15)21-23/h2-15,28-30H,1H3,(H,37,38)(H,39,40);2-7,10-12,17,31H,8-9,13H2,1H3,(H,29,30);4-9,11-13,29H,3,10H2,1-2H3,(H,27,28);2,4,6-11,23H,3,5H2,1H3/b;;;21-17+/t28-,29-,30-;17-;;/m11../s1. The lowest BCUT2D eigenvalue weighted by Gasteiger charge is -2.18. The Morgan fingerprint density at radius 2 is 1.22 bits per heavy atom. The number of aromatic amines is 4. The summed E-state index contributed by atoms with van der Waals surface area (Å²) in [5, 5.41) is 18.6. The Labute approximate surface area is 760 Å². The number of carbonyl (C=O) groups is 2. The highest BCUT2D eigenvalue weighted by atomic mass is 32.2. The van der Waals surface area contributed by atoms with Gasteiger partial charge in [0.15, 0.2) is 11.6 Å². The Morgan fingerprint density at radius 3 is 1.81 bits per heavy atom. The highest BCUT2D eigenvalue weighted by Crippen LogP contribution is 2.63. The zero-order chi connectivity index (χ0) is 93.9. The summed E-state index contributed by atoms with van der Waals surface area (Å²) in [6, 6.07) is 56.8. The molecule has 1 saturated heterocycles. The maximum atomic E-state index is 15.3. The fourth-order valence-corrected chi connectivity index (χ4v) is 19.3. The molecule has 21 rings (SSSR count). The van der Waals surface area contributed by atoms with E-state index in [9.17, 15) is 57.6 Å². The Balaban J connectivity index is 0.000000122. The van der Waals surface area contributed by atoms with Crippen LogP contribution in [0.15, 0.2) is 254 Å². The van der Waals surface area contributed by atoms with Crippen LogP contribution >= 0.6 is 0 Å². The lowest BCUT2D eigenvalue weighted by Crippen LogP contribution is -2.34. The van der Waals surface area contributed by atoms with Gasteiger partial charge in [-0.15, -0.1) is 0 Å². The third-order valence-corrected chi connectivity index (χ3v) is 26.7. The van der Waals surface area contributed by atoms with Gasteiger partial charge >= 0.3 is 16.4 Å². The van der Waals surface area contributed by atoms with Crippen molar-refractivity contribution in [2.24, 2.45) is 12.2 Å². The van der Waals surface area contributed by atoms with Crippen LogP contribution in [0.4, 0.5) is 46.5 Å². The number of aromatic nitrogens is 10. The molecule has 34 heteroatoms. The second kappa shape index (κ2) is 36.1. The largest absolute Gasteiger partial charge is 0.489 e. The molecule has 9 aromatic carbocycles. The van der Waals surface area contributed by atoms with Crippen LogP contribution in [0.2, 0.25) is 0 Å². The van der Waals surface area contributed by atoms with Crippen molar-refractivity contribution in [1.29, 1.82) is 0 Å². The Bertz CT molecular complexity index is 7850. The van der Waals surface area contributed by atoms with Crippen LogP contribution in [0.5, 0.6) is 17.2 Å². The normalized spacial score (nSPS) is 15.8. The summed E-state index contributed by atoms with van der Waals surface area (Å²) >= 11 is 0. The van der Waals surface area contributed by atoms with Crippen LogP contribution in [0.1, 0.15) is 115 Å². The third-order valence-electron chi connectivity index (χ3n) is 23.8. The van der Waals surface area contributed by atoms with Gasteiger partial charge in [0.1, 0.15) is 64.0 Å². The number of benzene rings is 9. The molecular weight excluding hydrogens is 1770 g/mol. The van der Waals surface area contributed by atoms with Crippen LogP contribution < -0.4 is 24.5 Å². The van der Waals surface area contributed by atoms with Crippen LogP contribution in [-0.4, -0.2) is 124 Å². The van der Waals surface area contributed by atoms with Crippen LogP contribution in [0.3, 0.4) is 0 Å². The number of aryl methyl sites for hydroxylation is 5. The van der Waals surface area contributed by atoms with Crippen LogP contribution in [0, 0.1) is 44.0 Å². The molecule has 2 fully saturated rings. The summed E-state index contributed by atoms with van der Waals surface area (Å²) < 4.78 is 181. The molecule has 7 N–H and O–H groups in total. The lowest BCUT2D eigenvalue weighted by atomic mass is 9.98. The minimum atomic E-state index is -4.42. The summed E-state index contributed by atoms with van der Waals surface area (Å²) in [7, 11) is -6.20. The SMILES string of the molecule is CCCS(=O)(=O)Nc1ccc(F)c(C(=O)c2c[nH]c3ncc(-c4ccc(C)cc4)cc23)c1F.Cc1ccc(-c2cc3c(Oc4ccc5c(c4)[C@H]4[C@@H](O5)[C@@H]4c4nc5ccc(C(F)(F)F)cc5[nH]4)cccc3[nH]c2=O)cc1.Cc1ccc(-c2cnc3[nH]cc(C(=O)c4c(F)ccc(NS(=O)(=O)N5CC[C@@H](F)C5)c4F)c3c2)cc1.Cn1cc(-c2ccc3c(c2)CC/C3=N\O)c(-c2ccncc2)n1. The van der Waals surface area contributed by atoms with Gasteiger partial charge < -0.3 is 34.6 Å². The number of nitrogens with one attached hydrogen (secondary N) is 6. The van der Waals surface area contributed by atoms with E-state index in [1.54, 1.807) is 43.8 Å². The number of sulfonamides is 1. The number of fused-ring (bicyclic) bond motifs is 8. The number of alkyl halides is 4. The first kappa shape index (κ1) is 89.3. The number of pyridine rings is 4. The van der Waals surface area contributed by atoms with Gasteiger partial charge in [0.2, 0.25) is 21.6 Å². The first-order valence-corrected chi connectivity index (χ1v) is 45.6. The summed E-state index contributed by atoms with van der Waals surface area (Å²) in [6.45, 7) is 7.14. The van der Waals surface area contributed by atoms with E-state index in [-0.39, 0.29) is 59.9 Å². The average molecular weight is 1850 g/mol. The van der Waals surface area contributed by atoms with Crippen molar-refractivity contribution in [2.45, 2.75) is 83.7 Å². The van der Waals surface area contributed by atoms with E-state index in [0.29, 0.717) is 73.5 Å². The molecule has 10 heterocycles. The molecule has 1 saturated carbocycles. The van der Waals surface area contributed by atoms with Crippen molar-refractivity contribution < 1.29 is 76.2 Å². The number of hydrogen-bond donors (Lipinski definition) is 7. The van der Waals surface area contributed by atoms with Gasteiger partial charge in [-0.25, -0.2) is 45.3 Å². The number of carbonyl (C=O) groups excluding carboxylic acids is 2. The summed E-state index contributed by atoms with van der Waals surface area (Å²) in [6.07, 6.45) is 7.65. The maximum Gasteiger partial charge on any atom is 0.416 e. The number of H-pyrrole nitrogens is 4. The average Bonchev–Trinajstić information content (AvgIpc) is 1.53. The Morgan fingerprint density at radius 1 is 0.619 bits per heavy atom. The number of rotatable bonds is 19. The van der Waals surface area contributed by atoms with E-state index >= 15 is 8.78 Å².